The highest BCUT2D eigenvalue weighted by molar-refractivity contribution is 5.86. The Morgan fingerprint density at radius 2 is 1.54 bits per heavy atom. The van der Waals surface area contributed by atoms with Crippen molar-refractivity contribution < 1.29 is 50.5 Å². The average Bonchev–Trinajstić information content (AvgIpc) is 3.28. The molecule has 0 radical (unpaired) electrons. The second kappa shape index (κ2) is 10.9. The average molecular weight is 533 g/mol. The number of hydrogen-bond acceptors (Lipinski definition) is 6. The number of pyridine rings is 1. The van der Waals surface area contributed by atoms with Gasteiger partial charge in [0.25, 0.3) is 0 Å². The number of fused-ring (bicyclic) bond motifs is 3. The fraction of sp³-hybridized carbons (Fsp3) is 0.190. The number of aromatic amines is 1. The van der Waals surface area contributed by atoms with E-state index in [9.17, 15) is 36.0 Å². The molecule has 1 aliphatic carbocycles. The summed E-state index contributed by atoms with van der Waals surface area (Å²) in [5.41, 5.74) is 10.4. The number of benzene rings is 1. The molecule has 196 valence electrons. The van der Waals surface area contributed by atoms with E-state index >= 15 is 0 Å². The van der Waals surface area contributed by atoms with Crippen LogP contribution >= 0.6 is 0 Å². The number of nitrogen functional groups attached to an aromatic ring is 1. The van der Waals surface area contributed by atoms with Crippen LogP contribution in [0.4, 0.5) is 36.6 Å². The van der Waals surface area contributed by atoms with Gasteiger partial charge in [-0.1, -0.05) is 18.2 Å². The SMILES string of the molecule is N#Cc1c(N)nc2c(c1-c1ccccc1F)CCc1n[nH]cc1-2.O=C(O)C(F)(F)F.O=C(O)C(F)(F)F. The first-order valence-corrected chi connectivity index (χ1v) is 9.70. The first-order chi connectivity index (χ1) is 17.1. The zero-order valence-corrected chi connectivity index (χ0v) is 18.1. The Morgan fingerprint density at radius 3 is 2.03 bits per heavy atom. The molecule has 5 N–H and O–H groups in total. The third-order valence-corrected chi connectivity index (χ3v) is 4.65. The minimum atomic E-state index is -5.08. The molecule has 0 atom stereocenters. The predicted octanol–water partition coefficient (Wildman–Crippen LogP) is 4.10. The van der Waals surface area contributed by atoms with Crippen molar-refractivity contribution >= 4 is 17.8 Å². The number of H-pyrrole nitrogens is 1. The molecule has 0 bridgehead atoms. The number of anilines is 1. The van der Waals surface area contributed by atoms with Crippen molar-refractivity contribution in [2.24, 2.45) is 0 Å². The number of aliphatic carboxylic acids is 2. The lowest BCUT2D eigenvalue weighted by Crippen LogP contribution is -2.21. The number of aromatic nitrogens is 3. The van der Waals surface area contributed by atoms with Crippen LogP contribution in [0, 0.1) is 17.1 Å². The number of nitriles is 1. The van der Waals surface area contributed by atoms with Crippen molar-refractivity contribution in [3.63, 3.8) is 0 Å². The van der Waals surface area contributed by atoms with Gasteiger partial charge in [-0.3, -0.25) is 5.10 Å². The van der Waals surface area contributed by atoms with Crippen LogP contribution < -0.4 is 5.73 Å². The monoisotopic (exact) mass is 533 g/mol. The molecule has 0 spiro atoms. The van der Waals surface area contributed by atoms with E-state index in [2.05, 4.69) is 21.3 Å². The third kappa shape index (κ3) is 6.72. The van der Waals surface area contributed by atoms with Crippen molar-refractivity contribution in [2.75, 3.05) is 5.73 Å². The highest BCUT2D eigenvalue weighted by Crippen LogP contribution is 2.41. The van der Waals surface area contributed by atoms with E-state index < -0.39 is 24.3 Å². The fourth-order valence-corrected chi connectivity index (χ4v) is 3.14. The van der Waals surface area contributed by atoms with Gasteiger partial charge in [0, 0.05) is 22.9 Å². The number of alkyl halides is 6. The summed E-state index contributed by atoms with van der Waals surface area (Å²) in [5.74, 6) is -5.78. The first-order valence-electron chi connectivity index (χ1n) is 9.70. The normalized spacial score (nSPS) is 11.9. The largest absolute Gasteiger partial charge is 0.490 e. The van der Waals surface area contributed by atoms with E-state index in [-0.39, 0.29) is 17.2 Å². The van der Waals surface area contributed by atoms with E-state index in [0.717, 1.165) is 16.8 Å². The van der Waals surface area contributed by atoms with Crippen molar-refractivity contribution in [3.8, 4) is 28.5 Å². The summed E-state index contributed by atoms with van der Waals surface area (Å²) >= 11 is 0. The number of nitrogens with one attached hydrogen (secondary N) is 1. The molecule has 0 aliphatic heterocycles. The van der Waals surface area contributed by atoms with Gasteiger partial charge in [-0.05, 0) is 24.5 Å². The number of rotatable bonds is 1. The molecule has 0 fully saturated rings. The highest BCUT2D eigenvalue weighted by Gasteiger charge is 2.38. The minimum Gasteiger partial charge on any atom is -0.475 e. The lowest BCUT2D eigenvalue weighted by atomic mass is 9.85. The first kappa shape index (κ1) is 28.6. The van der Waals surface area contributed by atoms with Gasteiger partial charge in [-0.25, -0.2) is 19.0 Å². The van der Waals surface area contributed by atoms with Crippen LogP contribution in [0.3, 0.4) is 0 Å². The lowest BCUT2D eigenvalue weighted by molar-refractivity contribution is -0.193. The van der Waals surface area contributed by atoms with Crippen molar-refractivity contribution in [2.45, 2.75) is 25.2 Å². The molecule has 0 amide bonds. The molecule has 16 heteroatoms. The molecule has 3 aromatic rings. The number of carboxylic acids is 2. The molecule has 9 nitrogen and oxygen atoms in total. The Hall–Kier alpha value is -4.68. The third-order valence-electron chi connectivity index (χ3n) is 4.65. The zero-order valence-electron chi connectivity index (χ0n) is 18.1. The second-order valence-corrected chi connectivity index (χ2v) is 7.02. The van der Waals surface area contributed by atoms with Crippen molar-refractivity contribution in [1.29, 1.82) is 5.26 Å². The molecule has 1 aromatic carbocycles. The predicted molar refractivity (Wildman–Crippen MR) is 111 cm³/mol. The molecule has 2 heterocycles. The quantitative estimate of drug-likeness (QED) is 0.340. The number of nitrogens with zero attached hydrogens (tertiary/aromatic N) is 3. The van der Waals surface area contributed by atoms with E-state index in [0.29, 0.717) is 29.7 Å². The van der Waals surface area contributed by atoms with Gasteiger partial charge in [0.2, 0.25) is 0 Å². The topological polar surface area (TPSA) is 166 Å². The maximum absolute atomic E-state index is 14.3. The zero-order chi connectivity index (χ0) is 28.1. The van der Waals surface area contributed by atoms with Crippen LogP contribution in [-0.2, 0) is 22.4 Å². The lowest BCUT2D eigenvalue weighted by Gasteiger charge is -2.21. The van der Waals surface area contributed by atoms with Crippen LogP contribution in [0.2, 0.25) is 0 Å². The second-order valence-electron chi connectivity index (χ2n) is 7.02. The fourth-order valence-electron chi connectivity index (χ4n) is 3.14. The summed E-state index contributed by atoms with van der Waals surface area (Å²) in [7, 11) is 0. The maximum atomic E-state index is 14.3. The van der Waals surface area contributed by atoms with Crippen molar-refractivity contribution in [3.05, 3.63) is 53.1 Å². The summed E-state index contributed by atoms with van der Waals surface area (Å²) in [6.07, 6.45) is -7.06. The summed E-state index contributed by atoms with van der Waals surface area (Å²) < 4.78 is 77.8. The Labute approximate surface area is 202 Å². The molecule has 1 aliphatic rings. The Balaban J connectivity index is 0.000000286. The maximum Gasteiger partial charge on any atom is 0.490 e. The number of aryl methyl sites for hydroxylation is 1. The highest BCUT2D eigenvalue weighted by atomic mass is 19.4. The van der Waals surface area contributed by atoms with Crippen molar-refractivity contribution in [1.82, 2.24) is 15.2 Å². The summed E-state index contributed by atoms with van der Waals surface area (Å²) in [6.45, 7) is 0. The van der Waals surface area contributed by atoms with Gasteiger partial charge in [0.1, 0.15) is 23.3 Å². The molecular formula is C21H14F7N5O4. The van der Waals surface area contributed by atoms with Crippen LogP contribution in [-0.4, -0.2) is 49.7 Å². The number of carboxylic acid groups (broad SMARTS) is 2. The smallest absolute Gasteiger partial charge is 0.475 e. The van der Waals surface area contributed by atoms with Gasteiger partial charge < -0.3 is 15.9 Å². The van der Waals surface area contributed by atoms with Crippen LogP contribution in [0.25, 0.3) is 22.4 Å². The van der Waals surface area contributed by atoms with Crippen LogP contribution in [0.1, 0.15) is 16.8 Å². The number of nitrogens with two attached hydrogens (primary N) is 1. The van der Waals surface area contributed by atoms with Gasteiger partial charge in [-0.2, -0.15) is 36.7 Å². The van der Waals surface area contributed by atoms with Gasteiger partial charge >= 0.3 is 24.3 Å². The van der Waals surface area contributed by atoms with Crippen LogP contribution in [0.5, 0.6) is 0 Å². The van der Waals surface area contributed by atoms with E-state index in [1.54, 1.807) is 24.4 Å². The number of halogens is 7. The van der Waals surface area contributed by atoms with Gasteiger partial charge in [0.05, 0.1) is 11.4 Å². The Bertz CT molecular complexity index is 1340. The minimum absolute atomic E-state index is 0.110. The summed E-state index contributed by atoms with van der Waals surface area (Å²) in [5, 5.41) is 30.8. The van der Waals surface area contributed by atoms with Gasteiger partial charge in [0.15, 0.2) is 0 Å². The molecule has 0 saturated carbocycles. The molecule has 4 rings (SSSR count). The Morgan fingerprint density at radius 1 is 1.00 bits per heavy atom. The summed E-state index contributed by atoms with van der Waals surface area (Å²) in [4.78, 5) is 22.2. The summed E-state index contributed by atoms with van der Waals surface area (Å²) in [6, 6.07) is 8.49. The van der Waals surface area contributed by atoms with E-state index in [1.807, 2.05) is 0 Å². The van der Waals surface area contributed by atoms with E-state index in [1.165, 1.54) is 6.07 Å². The molecule has 0 saturated heterocycles. The van der Waals surface area contributed by atoms with Crippen LogP contribution in [0.15, 0.2) is 30.5 Å². The molecule has 0 unspecified atom stereocenters. The molecule has 37 heavy (non-hydrogen) atoms. The number of hydrogen-bond donors (Lipinski definition) is 4. The Kier molecular flexibility index (Phi) is 8.44. The molecular weight excluding hydrogens is 519 g/mol. The standard InChI is InChI=1S/C17H12FN5.2C2HF3O2/c18-13-4-2-1-3-9(13)15-10-5-6-14-12(8-21-23-14)16(10)22-17(20)11(15)7-19;2*3-2(4,5)1(6)7/h1-4,8H,5-6H2,(H2,20,22)(H,21,23);2*(H,6,7). The van der Waals surface area contributed by atoms with E-state index in [4.69, 9.17) is 25.5 Å². The van der Waals surface area contributed by atoms with Gasteiger partial charge in [-0.15, -0.1) is 0 Å². The number of carbonyl (C=O) groups is 2. The molecule has 2 aromatic heterocycles.